The van der Waals surface area contributed by atoms with Crippen molar-refractivity contribution in [1.82, 2.24) is 16.0 Å². The molecule has 3 aromatic carbocycles. The zero-order valence-corrected chi connectivity index (χ0v) is 27.0. The van der Waals surface area contributed by atoms with Crippen LogP contribution in [0.25, 0.3) is 11.1 Å². The van der Waals surface area contributed by atoms with Gasteiger partial charge in [0.05, 0.1) is 24.3 Å². The molecular weight excluding hydrogens is 590 g/mol. The molecule has 0 unspecified atom stereocenters. The highest BCUT2D eigenvalue weighted by molar-refractivity contribution is 6.22. The Morgan fingerprint density at radius 3 is 1.70 bits per heavy atom. The third-order valence-corrected chi connectivity index (χ3v) is 6.64. The van der Waals surface area contributed by atoms with Crippen molar-refractivity contribution in [3.8, 4) is 11.1 Å². The van der Waals surface area contributed by atoms with Crippen LogP contribution in [0.4, 0.5) is 9.59 Å². The average molecular weight is 632 g/mol. The smallest absolute Gasteiger partial charge is 0.407 e. The minimum absolute atomic E-state index is 0.0401. The first-order valence-electron chi connectivity index (χ1n) is 15.1. The first kappa shape index (κ1) is 34.1. The third kappa shape index (κ3) is 8.70. The SMILES string of the molecule is CC(C)(C)OC(=O)NCCOC(OCCNC(=O)OC(C)(C)C)(c1ccc(-c2ccccc2)cc1)c1cccc2c1C(=O)NC2=O. The normalized spacial score (nSPS) is 13.1. The van der Waals surface area contributed by atoms with Crippen LogP contribution < -0.4 is 16.0 Å². The molecule has 0 fully saturated rings. The lowest BCUT2D eigenvalue weighted by atomic mass is 9.89. The number of imide groups is 1. The molecule has 244 valence electrons. The first-order valence-corrected chi connectivity index (χ1v) is 15.1. The summed E-state index contributed by atoms with van der Waals surface area (Å²) in [5, 5.41) is 7.69. The molecule has 0 aromatic heterocycles. The Labute approximate surface area is 268 Å². The van der Waals surface area contributed by atoms with Gasteiger partial charge < -0.3 is 29.6 Å². The molecule has 0 radical (unpaired) electrons. The molecule has 0 aliphatic carbocycles. The summed E-state index contributed by atoms with van der Waals surface area (Å²) < 4.78 is 23.7. The number of amides is 4. The van der Waals surface area contributed by atoms with Gasteiger partial charge in [-0.2, -0.15) is 0 Å². The van der Waals surface area contributed by atoms with Crippen LogP contribution >= 0.6 is 0 Å². The molecule has 46 heavy (non-hydrogen) atoms. The van der Waals surface area contributed by atoms with E-state index in [2.05, 4.69) is 16.0 Å². The maximum Gasteiger partial charge on any atom is 0.407 e. The van der Waals surface area contributed by atoms with Gasteiger partial charge >= 0.3 is 12.2 Å². The predicted molar refractivity (Wildman–Crippen MR) is 171 cm³/mol. The van der Waals surface area contributed by atoms with E-state index in [1.807, 2.05) is 54.6 Å². The molecule has 1 heterocycles. The summed E-state index contributed by atoms with van der Waals surface area (Å²) in [4.78, 5) is 50.5. The van der Waals surface area contributed by atoms with Gasteiger partial charge in [-0.15, -0.1) is 0 Å². The van der Waals surface area contributed by atoms with Crippen LogP contribution in [0.15, 0.2) is 72.8 Å². The van der Waals surface area contributed by atoms with Gasteiger partial charge in [0.1, 0.15) is 11.2 Å². The van der Waals surface area contributed by atoms with E-state index in [-0.39, 0.29) is 43.0 Å². The van der Waals surface area contributed by atoms with Crippen LogP contribution in [0, 0.1) is 0 Å². The van der Waals surface area contributed by atoms with Crippen LogP contribution in [-0.4, -0.2) is 61.5 Å². The van der Waals surface area contributed by atoms with Gasteiger partial charge in [0.15, 0.2) is 0 Å². The van der Waals surface area contributed by atoms with Gasteiger partial charge in [-0.1, -0.05) is 66.7 Å². The second-order valence-corrected chi connectivity index (χ2v) is 12.6. The topological polar surface area (TPSA) is 141 Å². The van der Waals surface area contributed by atoms with Crippen molar-refractivity contribution in [3.63, 3.8) is 0 Å². The zero-order valence-electron chi connectivity index (χ0n) is 27.0. The van der Waals surface area contributed by atoms with Crippen molar-refractivity contribution in [2.75, 3.05) is 26.3 Å². The second kappa shape index (κ2) is 14.1. The van der Waals surface area contributed by atoms with Crippen molar-refractivity contribution in [2.24, 2.45) is 0 Å². The number of ether oxygens (including phenoxy) is 4. The third-order valence-electron chi connectivity index (χ3n) is 6.64. The number of hydrogen-bond donors (Lipinski definition) is 3. The maximum absolute atomic E-state index is 13.1. The van der Waals surface area contributed by atoms with Crippen molar-refractivity contribution in [2.45, 2.75) is 58.5 Å². The van der Waals surface area contributed by atoms with Crippen molar-refractivity contribution in [3.05, 3.63) is 95.1 Å². The Hall–Kier alpha value is -4.74. The lowest BCUT2D eigenvalue weighted by Crippen LogP contribution is -2.42. The monoisotopic (exact) mass is 631 g/mol. The molecule has 1 aliphatic heterocycles. The lowest BCUT2D eigenvalue weighted by molar-refractivity contribution is -0.216. The summed E-state index contributed by atoms with van der Waals surface area (Å²) in [6, 6.07) is 22.1. The number of rotatable bonds is 11. The Kier molecular flexibility index (Phi) is 10.5. The molecule has 4 amide bonds. The Bertz CT molecular complexity index is 1520. The number of carbonyl (C=O) groups is 4. The molecule has 0 saturated carbocycles. The van der Waals surface area contributed by atoms with Crippen LogP contribution in [0.1, 0.15) is 73.4 Å². The number of benzene rings is 3. The quantitative estimate of drug-likeness (QED) is 0.143. The zero-order chi connectivity index (χ0) is 33.5. The van der Waals surface area contributed by atoms with E-state index in [4.69, 9.17) is 18.9 Å². The van der Waals surface area contributed by atoms with E-state index >= 15 is 0 Å². The maximum atomic E-state index is 13.1. The van der Waals surface area contributed by atoms with Gasteiger partial charge in [0.25, 0.3) is 11.8 Å². The largest absolute Gasteiger partial charge is 0.444 e. The Morgan fingerprint density at radius 2 is 1.17 bits per heavy atom. The molecule has 1 aliphatic rings. The van der Waals surface area contributed by atoms with Crippen LogP contribution in [0.3, 0.4) is 0 Å². The molecule has 3 aromatic rings. The standard InChI is InChI=1S/C35H41N3O8/c1-33(2,3)45-31(41)36-19-21-43-35(44-22-20-37-32(42)46-34(4,5)6,27-14-10-13-26-28(27)30(40)38-29(26)39)25-17-15-24(16-18-25)23-11-8-7-9-12-23/h7-18H,19-22H2,1-6H3,(H,36,41)(H,37,42)(H,38,39,40). The second-order valence-electron chi connectivity index (χ2n) is 12.6. The van der Waals surface area contributed by atoms with E-state index in [1.54, 1.807) is 59.7 Å². The Balaban J connectivity index is 1.72. The van der Waals surface area contributed by atoms with Gasteiger partial charge in [0.2, 0.25) is 5.79 Å². The van der Waals surface area contributed by atoms with Gasteiger partial charge in [-0.05, 0) is 58.7 Å². The molecular formula is C35H41N3O8. The number of carbonyl (C=O) groups excluding carboxylic acids is 4. The summed E-state index contributed by atoms with van der Waals surface area (Å²) >= 11 is 0. The van der Waals surface area contributed by atoms with Gasteiger partial charge in [-0.25, -0.2) is 9.59 Å². The summed E-state index contributed by atoms with van der Waals surface area (Å²) in [7, 11) is 0. The molecule has 11 nitrogen and oxygen atoms in total. The fourth-order valence-electron chi connectivity index (χ4n) is 4.85. The highest BCUT2D eigenvalue weighted by Gasteiger charge is 2.43. The average Bonchev–Trinajstić information content (AvgIpc) is 3.28. The summed E-state index contributed by atoms with van der Waals surface area (Å²) in [5.74, 6) is -2.87. The highest BCUT2D eigenvalue weighted by Crippen LogP contribution is 2.40. The number of fused-ring (bicyclic) bond motifs is 1. The summed E-state index contributed by atoms with van der Waals surface area (Å²) in [5.41, 5.74) is 1.64. The molecule has 0 bridgehead atoms. The van der Waals surface area contributed by atoms with Crippen LogP contribution in [-0.2, 0) is 24.7 Å². The van der Waals surface area contributed by atoms with Crippen molar-refractivity contribution >= 4 is 24.0 Å². The molecule has 0 atom stereocenters. The number of hydrogen-bond acceptors (Lipinski definition) is 8. The first-order chi connectivity index (χ1) is 21.7. The Morgan fingerprint density at radius 1 is 0.652 bits per heavy atom. The van der Waals surface area contributed by atoms with Crippen LogP contribution in [0.5, 0.6) is 0 Å². The van der Waals surface area contributed by atoms with E-state index < -0.39 is 41.0 Å². The van der Waals surface area contributed by atoms with Crippen LogP contribution in [0.2, 0.25) is 0 Å². The van der Waals surface area contributed by atoms with Crippen molar-refractivity contribution in [1.29, 1.82) is 0 Å². The lowest BCUT2D eigenvalue weighted by Gasteiger charge is -2.36. The molecule has 0 spiro atoms. The van der Waals surface area contributed by atoms with Gasteiger partial charge in [-0.3, -0.25) is 14.9 Å². The fraction of sp³-hybridized carbons (Fsp3) is 0.371. The van der Waals surface area contributed by atoms with E-state index in [9.17, 15) is 19.2 Å². The summed E-state index contributed by atoms with van der Waals surface area (Å²) in [6.07, 6.45) is -1.25. The number of nitrogens with one attached hydrogen (secondary N) is 3. The minimum Gasteiger partial charge on any atom is -0.444 e. The molecule has 3 N–H and O–H groups in total. The minimum atomic E-state index is -1.74. The molecule has 11 heteroatoms. The highest BCUT2D eigenvalue weighted by atomic mass is 16.7. The molecule has 0 saturated heterocycles. The summed E-state index contributed by atoms with van der Waals surface area (Å²) in [6.45, 7) is 10.5. The van der Waals surface area contributed by atoms with Gasteiger partial charge in [0, 0.05) is 24.2 Å². The van der Waals surface area contributed by atoms with E-state index in [1.165, 1.54) is 0 Å². The van der Waals surface area contributed by atoms with Crippen molar-refractivity contribution < 1.29 is 38.1 Å². The molecule has 4 rings (SSSR count). The fourth-order valence-corrected chi connectivity index (χ4v) is 4.85. The van der Waals surface area contributed by atoms with E-state index in [0.29, 0.717) is 5.56 Å². The predicted octanol–water partition coefficient (Wildman–Crippen LogP) is 5.52. The number of alkyl carbamates (subject to hydrolysis) is 2. The van der Waals surface area contributed by atoms with E-state index in [0.717, 1.165) is 11.1 Å².